The Bertz CT molecular complexity index is 891. The van der Waals surface area contributed by atoms with E-state index in [2.05, 4.69) is 70.5 Å². The summed E-state index contributed by atoms with van der Waals surface area (Å²) in [4.78, 5) is 4.53. The molecular weight excluding hydrogens is 364 g/mol. The van der Waals surface area contributed by atoms with Crippen LogP contribution in [-0.2, 0) is 5.41 Å². The molecule has 4 heteroatoms. The predicted octanol–water partition coefficient (Wildman–Crippen LogP) is 5.55. The molecule has 1 aliphatic rings. The molecule has 2 aromatic carbocycles. The standard InChI is InChI=1S/C20H19BrN2O/c1-20(2,3)14-6-4-13(5-7-14)19-23-11-10-22-18(23)16-9-8-15(21)12-17(16)24-19/h4-12,19H,1-3H3. The van der Waals surface area contributed by atoms with Gasteiger partial charge in [-0.1, -0.05) is 61.0 Å². The van der Waals surface area contributed by atoms with Crippen molar-refractivity contribution in [1.82, 2.24) is 9.55 Å². The molecular formula is C20H19BrN2O. The Kier molecular flexibility index (Phi) is 3.53. The Labute approximate surface area is 150 Å². The summed E-state index contributed by atoms with van der Waals surface area (Å²) in [5, 5.41) is 0. The van der Waals surface area contributed by atoms with E-state index in [9.17, 15) is 0 Å². The second-order valence-corrected chi connectivity index (χ2v) is 8.06. The maximum absolute atomic E-state index is 6.30. The van der Waals surface area contributed by atoms with Gasteiger partial charge in [-0.2, -0.15) is 0 Å². The number of ether oxygens (including phenoxy) is 1. The number of nitrogens with zero attached hydrogens (tertiary/aromatic N) is 2. The smallest absolute Gasteiger partial charge is 0.203 e. The Morgan fingerprint density at radius 2 is 1.83 bits per heavy atom. The highest BCUT2D eigenvalue weighted by molar-refractivity contribution is 9.10. The number of imidazole rings is 1. The van der Waals surface area contributed by atoms with Crippen LogP contribution >= 0.6 is 15.9 Å². The van der Waals surface area contributed by atoms with Gasteiger partial charge in [0.05, 0.1) is 5.56 Å². The number of hydrogen-bond donors (Lipinski definition) is 0. The SMILES string of the molecule is CC(C)(C)c1ccc(C2Oc3cc(Br)ccc3-c3nccn32)cc1. The van der Waals surface area contributed by atoms with Crippen molar-refractivity contribution in [2.75, 3.05) is 0 Å². The van der Waals surface area contributed by atoms with E-state index in [-0.39, 0.29) is 11.6 Å². The van der Waals surface area contributed by atoms with E-state index >= 15 is 0 Å². The van der Waals surface area contributed by atoms with Crippen LogP contribution in [-0.4, -0.2) is 9.55 Å². The van der Waals surface area contributed by atoms with E-state index in [1.54, 1.807) is 0 Å². The summed E-state index contributed by atoms with van der Waals surface area (Å²) < 4.78 is 9.39. The molecule has 4 rings (SSSR count). The van der Waals surface area contributed by atoms with E-state index in [1.807, 2.05) is 30.6 Å². The predicted molar refractivity (Wildman–Crippen MR) is 99.3 cm³/mol. The molecule has 1 unspecified atom stereocenters. The monoisotopic (exact) mass is 382 g/mol. The first-order valence-electron chi connectivity index (χ1n) is 8.03. The van der Waals surface area contributed by atoms with Crippen LogP contribution in [0, 0.1) is 0 Å². The van der Waals surface area contributed by atoms with Crippen molar-refractivity contribution in [3.8, 4) is 17.1 Å². The van der Waals surface area contributed by atoms with E-state index in [1.165, 1.54) is 5.56 Å². The van der Waals surface area contributed by atoms with E-state index in [4.69, 9.17) is 4.74 Å². The number of rotatable bonds is 1. The van der Waals surface area contributed by atoms with E-state index in [0.717, 1.165) is 27.2 Å². The summed E-state index contributed by atoms with van der Waals surface area (Å²) in [6, 6.07) is 14.7. The minimum Gasteiger partial charge on any atom is -0.465 e. The van der Waals surface area contributed by atoms with Gasteiger partial charge in [0, 0.05) is 22.4 Å². The van der Waals surface area contributed by atoms with Crippen LogP contribution < -0.4 is 4.74 Å². The van der Waals surface area contributed by atoms with Crippen LogP contribution in [0.15, 0.2) is 59.3 Å². The van der Waals surface area contributed by atoms with Crippen molar-refractivity contribution < 1.29 is 4.74 Å². The fourth-order valence-electron chi connectivity index (χ4n) is 3.04. The fraction of sp³-hybridized carbons (Fsp3) is 0.250. The van der Waals surface area contributed by atoms with Gasteiger partial charge in [-0.15, -0.1) is 0 Å². The van der Waals surface area contributed by atoms with Gasteiger partial charge in [-0.3, -0.25) is 4.57 Å². The third-order valence-corrected chi connectivity index (χ3v) is 4.90. The molecule has 0 N–H and O–H groups in total. The minimum atomic E-state index is -0.196. The van der Waals surface area contributed by atoms with Crippen LogP contribution in [0.1, 0.15) is 38.1 Å². The molecule has 3 nitrogen and oxygen atoms in total. The van der Waals surface area contributed by atoms with Gasteiger partial charge in [0.2, 0.25) is 6.23 Å². The lowest BCUT2D eigenvalue weighted by atomic mass is 9.86. The summed E-state index contributed by atoms with van der Waals surface area (Å²) in [5.41, 5.74) is 3.60. The number of halogens is 1. The van der Waals surface area contributed by atoms with Gasteiger partial charge in [0.15, 0.2) is 0 Å². The summed E-state index contributed by atoms with van der Waals surface area (Å²) in [6.45, 7) is 6.67. The van der Waals surface area contributed by atoms with E-state index in [0.29, 0.717) is 0 Å². The summed E-state index contributed by atoms with van der Waals surface area (Å²) >= 11 is 3.52. The molecule has 2 heterocycles. The Hall–Kier alpha value is -2.07. The summed E-state index contributed by atoms with van der Waals surface area (Å²) in [5.74, 6) is 1.79. The molecule has 0 bridgehead atoms. The highest BCUT2D eigenvalue weighted by atomic mass is 79.9. The highest BCUT2D eigenvalue weighted by Gasteiger charge is 2.27. The van der Waals surface area contributed by atoms with Crippen LogP contribution in [0.5, 0.6) is 5.75 Å². The molecule has 1 atom stereocenters. The molecule has 0 saturated heterocycles. The lowest BCUT2D eigenvalue weighted by molar-refractivity contribution is 0.168. The summed E-state index contributed by atoms with van der Waals surface area (Å²) in [6.07, 6.45) is 3.60. The third kappa shape index (κ3) is 2.55. The van der Waals surface area contributed by atoms with Gasteiger partial charge >= 0.3 is 0 Å². The first-order valence-corrected chi connectivity index (χ1v) is 8.83. The maximum Gasteiger partial charge on any atom is 0.203 e. The van der Waals surface area contributed by atoms with Gasteiger partial charge in [-0.25, -0.2) is 4.98 Å². The maximum atomic E-state index is 6.30. The topological polar surface area (TPSA) is 27.1 Å². The molecule has 24 heavy (non-hydrogen) atoms. The first-order chi connectivity index (χ1) is 11.4. The van der Waals surface area contributed by atoms with Crippen LogP contribution in [0.3, 0.4) is 0 Å². The molecule has 0 amide bonds. The molecule has 3 aromatic rings. The van der Waals surface area contributed by atoms with Crippen molar-refractivity contribution in [3.63, 3.8) is 0 Å². The van der Waals surface area contributed by atoms with E-state index < -0.39 is 0 Å². The minimum absolute atomic E-state index is 0.142. The second kappa shape index (κ2) is 5.49. The number of benzene rings is 2. The molecule has 0 fully saturated rings. The molecule has 122 valence electrons. The lowest BCUT2D eigenvalue weighted by Gasteiger charge is -2.29. The number of hydrogen-bond acceptors (Lipinski definition) is 2. The zero-order chi connectivity index (χ0) is 16.9. The largest absolute Gasteiger partial charge is 0.465 e. The molecule has 0 spiro atoms. The molecule has 1 aromatic heterocycles. The average molecular weight is 383 g/mol. The Balaban J connectivity index is 1.78. The Morgan fingerprint density at radius 1 is 1.08 bits per heavy atom. The van der Waals surface area contributed by atoms with Crippen molar-refractivity contribution in [3.05, 3.63) is 70.5 Å². The average Bonchev–Trinajstić information content (AvgIpc) is 3.03. The number of aromatic nitrogens is 2. The highest BCUT2D eigenvalue weighted by Crippen LogP contribution is 2.41. The quantitative estimate of drug-likeness (QED) is 0.551. The third-order valence-electron chi connectivity index (χ3n) is 4.41. The summed E-state index contributed by atoms with van der Waals surface area (Å²) in [7, 11) is 0. The zero-order valence-electron chi connectivity index (χ0n) is 14.0. The normalized spacial score (nSPS) is 16.2. The fourth-order valence-corrected chi connectivity index (χ4v) is 3.38. The van der Waals surface area contributed by atoms with Gasteiger partial charge in [0.25, 0.3) is 0 Å². The second-order valence-electron chi connectivity index (χ2n) is 7.14. The van der Waals surface area contributed by atoms with Crippen LogP contribution in [0.25, 0.3) is 11.4 Å². The van der Waals surface area contributed by atoms with Crippen LogP contribution in [0.2, 0.25) is 0 Å². The molecule has 0 radical (unpaired) electrons. The van der Waals surface area contributed by atoms with Crippen molar-refractivity contribution in [1.29, 1.82) is 0 Å². The molecule has 1 aliphatic heterocycles. The Morgan fingerprint density at radius 3 is 2.54 bits per heavy atom. The van der Waals surface area contributed by atoms with Crippen molar-refractivity contribution >= 4 is 15.9 Å². The van der Waals surface area contributed by atoms with Gasteiger partial charge in [0.1, 0.15) is 11.6 Å². The van der Waals surface area contributed by atoms with Crippen molar-refractivity contribution in [2.24, 2.45) is 0 Å². The van der Waals surface area contributed by atoms with Crippen molar-refractivity contribution in [2.45, 2.75) is 32.4 Å². The zero-order valence-corrected chi connectivity index (χ0v) is 15.5. The number of fused-ring (bicyclic) bond motifs is 3. The first kappa shape index (κ1) is 15.5. The van der Waals surface area contributed by atoms with Crippen LogP contribution in [0.4, 0.5) is 0 Å². The molecule has 0 aliphatic carbocycles. The van der Waals surface area contributed by atoms with Gasteiger partial charge in [-0.05, 0) is 29.2 Å². The molecule has 0 saturated carbocycles. The van der Waals surface area contributed by atoms with Gasteiger partial charge < -0.3 is 4.74 Å². The lowest BCUT2D eigenvalue weighted by Crippen LogP contribution is -2.22.